The smallest absolute Gasteiger partial charge is 0.255 e. The lowest BCUT2D eigenvalue weighted by Crippen LogP contribution is -2.21. The number of hydrogen-bond acceptors (Lipinski definition) is 6. The summed E-state index contributed by atoms with van der Waals surface area (Å²) in [5.41, 5.74) is 3.02. The lowest BCUT2D eigenvalue weighted by Gasteiger charge is -2.16. The van der Waals surface area contributed by atoms with Crippen molar-refractivity contribution in [3.05, 3.63) is 53.4 Å². The third kappa shape index (κ3) is 4.86. The lowest BCUT2D eigenvalue weighted by molar-refractivity contribution is 0.102. The van der Waals surface area contributed by atoms with Crippen LogP contribution in [0.5, 0.6) is 11.5 Å². The van der Waals surface area contributed by atoms with Crippen LogP contribution in [0.25, 0.3) is 11.3 Å². The Morgan fingerprint density at radius 2 is 1.76 bits per heavy atom. The van der Waals surface area contributed by atoms with Crippen molar-refractivity contribution in [2.24, 2.45) is 0 Å². The van der Waals surface area contributed by atoms with Crippen LogP contribution >= 0.6 is 11.3 Å². The topological polar surface area (TPSA) is 63.7 Å². The number of hydrogen-bond donors (Lipinski definition) is 1. The van der Waals surface area contributed by atoms with Crippen molar-refractivity contribution >= 4 is 28.1 Å². The third-order valence-electron chi connectivity index (χ3n) is 4.56. The fraction of sp³-hybridized carbons (Fsp3) is 0.273. The summed E-state index contributed by atoms with van der Waals surface area (Å²) in [6.07, 6.45) is 0. The van der Waals surface area contributed by atoms with Crippen molar-refractivity contribution in [2.75, 3.05) is 37.5 Å². The Kier molecular flexibility index (Phi) is 6.72. The highest BCUT2D eigenvalue weighted by Gasteiger charge is 2.12. The van der Waals surface area contributed by atoms with Crippen LogP contribution in [0.4, 0.5) is 10.8 Å². The second-order valence-corrected chi connectivity index (χ2v) is 7.16. The molecule has 0 atom stereocenters. The van der Waals surface area contributed by atoms with Crippen molar-refractivity contribution in [3.63, 3.8) is 0 Å². The van der Waals surface area contributed by atoms with E-state index in [-0.39, 0.29) is 5.91 Å². The van der Waals surface area contributed by atoms with Gasteiger partial charge in [-0.2, -0.15) is 0 Å². The van der Waals surface area contributed by atoms with E-state index in [0.717, 1.165) is 29.5 Å². The average molecular weight is 412 g/mol. The monoisotopic (exact) mass is 411 g/mol. The summed E-state index contributed by atoms with van der Waals surface area (Å²) in [5, 5.41) is 5.98. The molecule has 0 bridgehead atoms. The van der Waals surface area contributed by atoms with E-state index in [4.69, 9.17) is 14.5 Å². The Morgan fingerprint density at radius 1 is 1.07 bits per heavy atom. The Morgan fingerprint density at radius 3 is 2.38 bits per heavy atom. The second-order valence-electron chi connectivity index (χ2n) is 6.32. The first-order valence-electron chi connectivity index (χ1n) is 9.43. The van der Waals surface area contributed by atoms with E-state index in [1.165, 1.54) is 0 Å². The van der Waals surface area contributed by atoms with Crippen molar-refractivity contribution in [2.45, 2.75) is 13.8 Å². The van der Waals surface area contributed by atoms with Gasteiger partial charge in [-0.15, -0.1) is 11.3 Å². The molecular weight excluding hydrogens is 386 g/mol. The molecule has 1 amide bonds. The molecule has 0 aliphatic rings. The number of methoxy groups -OCH3 is 2. The van der Waals surface area contributed by atoms with E-state index in [0.29, 0.717) is 22.7 Å². The van der Waals surface area contributed by atoms with E-state index in [9.17, 15) is 4.79 Å². The molecule has 1 aromatic heterocycles. The van der Waals surface area contributed by atoms with Crippen LogP contribution in [0.3, 0.4) is 0 Å². The first kappa shape index (κ1) is 20.7. The van der Waals surface area contributed by atoms with Gasteiger partial charge in [0, 0.05) is 41.4 Å². The fourth-order valence-corrected chi connectivity index (χ4v) is 3.90. The maximum Gasteiger partial charge on any atom is 0.255 e. The molecule has 1 heterocycles. The van der Waals surface area contributed by atoms with Crippen molar-refractivity contribution in [1.82, 2.24) is 4.98 Å². The minimum absolute atomic E-state index is 0.235. The molecule has 0 fully saturated rings. The molecule has 152 valence electrons. The molecule has 3 aromatic rings. The van der Waals surface area contributed by atoms with E-state index < -0.39 is 0 Å². The normalized spacial score (nSPS) is 10.5. The molecule has 0 aliphatic carbocycles. The number of carbonyl (C=O) groups is 1. The Balaban J connectivity index is 1.81. The molecule has 0 spiro atoms. The Hall–Kier alpha value is -3.06. The van der Waals surface area contributed by atoms with Crippen LogP contribution in [0.15, 0.2) is 47.8 Å². The van der Waals surface area contributed by atoms with Crippen molar-refractivity contribution in [3.8, 4) is 22.8 Å². The third-order valence-corrected chi connectivity index (χ3v) is 5.46. The van der Waals surface area contributed by atoms with Crippen molar-refractivity contribution < 1.29 is 14.3 Å². The van der Waals surface area contributed by atoms with Gasteiger partial charge in [0.15, 0.2) is 5.13 Å². The standard InChI is InChI=1S/C22H25N3O3S/c1-5-25(6-2)22-24-20(14-29-22)15-8-7-9-17(10-15)23-21(26)16-11-18(27-3)13-19(12-16)28-4/h7-14H,5-6H2,1-4H3,(H,23,26). The number of nitrogens with one attached hydrogen (secondary N) is 1. The molecule has 0 saturated carbocycles. The maximum atomic E-state index is 12.7. The van der Waals surface area contributed by atoms with Crippen LogP contribution in [-0.4, -0.2) is 38.2 Å². The minimum atomic E-state index is -0.235. The quantitative estimate of drug-likeness (QED) is 0.570. The summed E-state index contributed by atoms with van der Waals surface area (Å²) in [6, 6.07) is 12.8. The van der Waals surface area contributed by atoms with Gasteiger partial charge >= 0.3 is 0 Å². The zero-order valence-electron chi connectivity index (χ0n) is 17.1. The summed E-state index contributed by atoms with van der Waals surface area (Å²) in [4.78, 5) is 19.7. The molecule has 6 nitrogen and oxygen atoms in total. The fourth-order valence-electron chi connectivity index (χ4n) is 2.93. The van der Waals surface area contributed by atoms with Crippen LogP contribution in [0, 0.1) is 0 Å². The highest BCUT2D eigenvalue weighted by Crippen LogP contribution is 2.29. The van der Waals surface area contributed by atoms with Gasteiger partial charge in [0.25, 0.3) is 5.91 Å². The number of aromatic nitrogens is 1. The summed E-state index contributed by atoms with van der Waals surface area (Å²) >= 11 is 1.63. The average Bonchev–Trinajstić information content (AvgIpc) is 3.24. The zero-order valence-corrected chi connectivity index (χ0v) is 17.9. The molecule has 3 rings (SSSR count). The Bertz CT molecular complexity index is 961. The molecule has 0 aliphatic heterocycles. The number of thiazole rings is 1. The van der Waals surface area contributed by atoms with Crippen LogP contribution in [-0.2, 0) is 0 Å². The predicted octanol–water partition coefficient (Wildman–Crippen LogP) is 4.93. The number of anilines is 2. The molecule has 0 unspecified atom stereocenters. The number of amides is 1. The van der Waals surface area contributed by atoms with Gasteiger partial charge < -0.3 is 19.7 Å². The molecule has 2 aromatic carbocycles. The molecule has 1 N–H and O–H groups in total. The SMILES string of the molecule is CCN(CC)c1nc(-c2cccc(NC(=O)c3cc(OC)cc(OC)c3)c2)cs1. The Labute approximate surface area is 175 Å². The van der Waals surface area contributed by atoms with Gasteiger partial charge in [-0.1, -0.05) is 12.1 Å². The van der Waals surface area contributed by atoms with E-state index in [1.54, 1.807) is 43.8 Å². The highest BCUT2D eigenvalue weighted by atomic mass is 32.1. The number of nitrogens with zero attached hydrogens (tertiary/aromatic N) is 2. The summed E-state index contributed by atoms with van der Waals surface area (Å²) in [6.45, 7) is 6.08. The van der Waals surface area contributed by atoms with Gasteiger partial charge in [0.05, 0.1) is 19.9 Å². The molecular formula is C22H25N3O3S. The maximum absolute atomic E-state index is 12.7. The van der Waals surface area contributed by atoms with Crippen LogP contribution in [0.1, 0.15) is 24.2 Å². The number of rotatable bonds is 8. The summed E-state index contributed by atoms with van der Waals surface area (Å²) in [7, 11) is 3.11. The van der Waals surface area contributed by atoms with Gasteiger partial charge in [-0.05, 0) is 38.1 Å². The van der Waals surface area contributed by atoms with E-state index >= 15 is 0 Å². The van der Waals surface area contributed by atoms with Gasteiger partial charge in [0.1, 0.15) is 11.5 Å². The molecule has 0 saturated heterocycles. The minimum Gasteiger partial charge on any atom is -0.497 e. The van der Waals surface area contributed by atoms with Gasteiger partial charge in [-0.3, -0.25) is 4.79 Å². The first-order chi connectivity index (χ1) is 14.1. The molecule has 29 heavy (non-hydrogen) atoms. The number of ether oxygens (including phenoxy) is 2. The first-order valence-corrected chi connectivity index (χ1v) is 10.3. The van der Waals surface area contributed by atoms with E-state index in [1.807, 2.05) is 29.6 Å². The number of benzene rings is 2. The van der Waals surface area contributed by atoms with Crippen LogP contribution < -0.4 is 19.7 Å². The molecule has 0 radical (unpaired) electrons. The zero-order chi connectivity index (χ0) is 20.8. The second kappa shape index (κ2) is 9.43. The largest absolute Gasteiger partial charge is 0.497 e. The predicted molar refractivity (Wildman–Crippen MR) is 119 cm³/mol. The van der Waals surface area contributed by atoms with Crippen LogP contribution in [0.2, 0.25) is 0 Å². The summed E-state index contributed by atoms with van der Waals surface area (Å²) in [5.74, 6) is 0.894. The van der Waals surface area contributed by atoms with Gasteiger partial charge in [0.2, 0.25) is 0 Å². The number of carbonyl (C=O) groups excluding carboxylic acids is 1. The van der Waals surface area contributed by atoms with Gasteiger partial charge in [-0.25, -0.2) is 4.98 Å². The van der Waals surface area contributed by atoms with Crippen molar-refractivity contribution in [1.29, 1.82) is 0 Å². The highest BCUT2D eigenvalue weighted by molar-refractivity contribution is 7.14. The molecule has 7 heteroatoms. The lowest BCUT2D eigenvalue weighted by atomic mass is 10.1. The summed E-state index contributed by atoms with van der Waals surface area (Å²) < 4.78 is 10.5. The van der Waals surface area contributed by atoms with E-state index in [2.05, 4.69) is 24.1 Å².